The predicted molar refractivity (Wildman–Crippen MR) is 57.5 cm³/mol. The van der Waals surface area contributed by atoms with Crippen molar-refractivity contribution in [1.29, 1.82) is 0 Å². The van der Waals surface area contributed by atoms with Crippen molar-refractivity contribution in [3.05, 3.63) is 22.9 Å². The molecule has 1 fully saturated rings. The summed E-state index contributed by atoms with van der Waals surface area (Å²) in [6, 6.07) is 3.37. The Bertz CT molecular complexity index is 442. The van der Waals surface area contributed by atoms with E-state index in [0.29, 0.717) is 10.3 Å². The molecule has 76 valence electrons. The Balaban J connectivity index is 2.22. The minimum Gasteiger partial charge on any atom is -0.281 e. The minimum atomic E-state index is -3.18. The van der Waals surface area contributed by atoms with Crippen molar-refractivity contribution < 1.29 is 8.42 Å². The Morgan fingerprint density at radius 2 is 2.21 bits per heavy atom. The molecule has 0 radical (unpaired) electrons. The van der Waals surface area contributed by atoms with E-state index in [0.717, 1.165) is 12.8 Å². The summed E-state index contributed by atoms with van der Waals surface area (Å²) in [6.45, 7) is 0. The Morgan fingerprint density at radius 1 is 1.50 bits per heavy atom. The van der Waals surface area contributed by atoms with E-state index in [1.54, 1.807) is 18.3 Å². The van der Waals surface area contributed by atoms with Crippen LogP contribution in [0.1, 0.15) is 12.8 Å². The molecule has 1 saturated carbocycles. The Kier molecular flexibility index (Phi) is 2.48. The van der Waals surface area contributed by atoms with Gasteiger partial charge in [0.25, 0.3) is 0 Å². The molecule has 1 aliphatic rings. The molecule has 1 aliphatic carbocycles. The van der Waals surface area contributed by atoms with Gasteiger partial charge in [-0.25, -0.2) is 13.4 Å². The molecule has 0 aliphatic heterocycles. The molecule has 4 nitrogen and oxygen atoms in total. The van der Waals surface area contributed by atoms with E-state index in [2.05, 4.69) is 25.6 Å². The lowest BCUT2D eigenvalue weighted by Crippen LogP contribution is -2.17. The van der Waals surface area contributed by atoms with Crippen molar-refractivity contribution in [2.24, 2.45) is 0 Å². The maximum Gasteiger partial charge on any atom is 0.235 e. The van der Waals surface area contributed by atoms with Crippen molar-refractivity contribution >= 4 is 31.6 Å². The number of hydrogen-bond acceptors (Lipinski definition) is 3. The number of nitrogens with one attached hydrogen (secondary N) is 1. The maximum absolute atomic E-state index is 11.6. The first-order valence-electron chi connectivity index (χ1n) is 4.22. The van der Waals surface area contributed by atoms with Crippen LogP contribution in [-0.4, -0.2) is 18.7 Å². The molecule has 6 heteroatoms. The molecule has 0 saturated heterocycles. The highest BCUT2D eigenvalue weighted by atomic mass is 79.9. The topological polar surface area (TPSA) is 59.1 Å². The van der Waals surface area contributed by atoms with Crippen molar-refractivity contribution in [1.82, 2.24) is 4.98 Å². The van der Waals surface area contributed by atoms with Gasteiger partial charge in [0, 0.05) is 6.20 Å². The zero-order valence-electron chi connectivity index (χ0n) is 7.27. The molecule has 1 heterocycles. The first-order valence-corrected chi connectivity index (χ1v) is 6.56. The van der Waals surface area contributed by atoms with Crippen LogP contribution in [0, 0.1) is 0 Å². The summed E-state index contributed by atoms with van der Waals surface area (Å²) in [5, 5.41) is -0.213. The van der Waals surface area contributed by atoms with Gasteiger partial charge in [0.05, 0.1) is 10.9 Å². The standard InChI is InChI=1S/C8H9BrN2O2S/c9-8-7(2-1-5-10-8)11-14(12,13)6-3-4-6/h1-2,5-6,11H,3-4H2. The molecule has 14 heavy (non-hydrogen) atoms. The summed E-state index contributed by atoms with van der Waals surface area (Å²) in [7, 11) is -3.18. The van der Waals surface area contributed by atoms with Gasteiger partial charge in [-0.3, -0.25) is 4.72 Å². The molecule has 1 N–H and O–H groups in total. The summed E-state index contributed by atoms with van der Waals surface area (Å²) in [6.07, 6.45) is 3.11. The van der Waals surface area contributed by atoms with Crippen molar-refractivity contribution in [2.45, 2.75) is 18.1 Å². The summed E-state index contributed by atoms with van der Waals surface area (Å²) >= 11 is 3.18. The lowest BCUT2D eigenvalue weighted by Gasteiger charge is -2.07. The monoisotopic (exact) mass is 276 g/mol. The highest BCUT2D eigenvalue weighted by molar-refractivity contribution is 9.10. The molecule has 2 rings (SSSR count). The van der Waals surface area contributed by atoms with Crippen LogP contribution in [0.25, 0.3) is 0 Å². The van der Waals surface area contributed by atoms with Crippen LogP contribution in [0.15, 0.2) is 22.9 Å². The maximum atomic E-state index is 11.6. The number of nitrogens with zero attached hydrogens (tertiary/aromatic N) is 1. The summed E-state index contributed by atoms with van der Waals surface area (Å²) in [5.74, 6) is 0. The number of pyridine rings is 1. The third kappa shape index (κ3) is 2.06. The fourth-order valence-corrected chi connectivity index (χ4v) is 2.95. The molecule has 0 aromatic carbocycles. The molecule has 1 aromatic heterocycles. The molecule has 1 aromatic rings. The number of halogens is 1. The summed E-state index contributed by atoms with van der Waals surface area (Å²) < 4.78 is 26.1. The van der Waals surface area contributed by atoms with Crippen LogP contribution in [0.5, 0.6) is 0 Å². The van der Waals surface area contributed by atoms with Gasteiger partial charge in [-0.15, -0.1) is 0 Å². The Hall–Kier alpha value is -0.620. The normalized spacial score (nSPS) is 16.6. The van der Waals surface area contributed by atoms with Crippen LogP contribution in [0.4, 0.5) is 5.69 Å². The summed E-state index contributed by atoms with van der Waals surface area (Å²) in [5.41, 5.74) is 0.499. The third-order valence-electron chi connectivity index (χ3n) is 1.97. The van der Waals surface area contributed by atoms with Gasteiger partial charge in [-0.2, -0.15) is 0 Å². The van der Waals surface area contributed by atoms with Gasteiger partial charge in [-0.05, 0) is 40.9 Å². The van der Waals surface area contributed by atoms with Crippen LogP contribution < -0.4 is 4.72 Å². The highest BCUT2D eigenvalue weighted by Crippen LogP contribution is 2.30. The first kappa shape index (κ1) is 9.92. The fourth-order valence-electron chi connectivity index (χ4n) is 1.08. The van der Waals surface area contributed by atoms with Crippen molar-refractivity contribution in [3.8, 4) is 0 Å². The van der Waals surface area contributed by atoms with Gasteiger partial charge in [-0.1, -0.05) is 0 Å². The van der Waals surface area contributed by atoms with E-state index in [-0.39, 0.29) is 5.25 Å². The van der Waals surface area contributed by atoms with Gasteiger partial charge >= 0.3 is 0 Å². The Morgan fingerprint density at radius 3 is 2.79 bits per heavy atom. The van der Waals surface area contributed by atoms with E-state index in [1.807, 2.05) is 0 Å². The van der Waals surface area contributed by atoms with Crippen LogP contribution in [0.2, 0.25) is 0 Å². The van der Waals surface area contributed by atoms with Crippen molar-refractivity contribution in [2.75, 3.05) is 4.72 Å². The molecule has 0 amide bonds. The molecule has 0 unspecified atom stereocenters. The van der Waals surface area contributed by atoms with E-state index >= 15 is 0 Å². The second-order valence-corrected chi connectivity index (χ2v) is 5.90. The number of anilines is 1. The number of rotatable bonds is 3. The van der Waals surface area contributed by atoms with E-state index in [1.165, 1.54) is 0 Å². The average molecular weight is 277 g/mol. The van der Waals surface area contributed by atoms with E-state index in [4.69, 9.17) is 0 Å². The second-order valence-electron chi connectivity index (χ2n) is 3.19. The van der Waals surface area contributed by atoms with Crippen LogP contribution in [0.3, 0.4) is 0 Å². The predicted octanol–water partition coefficient (Wildman–Crippen LogP) is 1.75. The smallest absolute Gasteiger partial charge is 0.235 e. The lowest BCUT2D eigenvalue weighted by atomic mass is 10.4. The highest BCUT2D eigenvalue weighted by Gasteiger charge is 2.35. The van der Waals surface area contributed by atoms with Crippen LogP contribution in [-0.2, 0) is 10.0 Å². The van der Waals surface area contributed by atoms with Crippen molar-refractivity contribution in [3.63, 3.8) is 0 Å². The molecule has 0 spiro atoms. The fraction of sp³-hybridized carbons (Fsp3) is 0.375. The zero-order chi connectivity index (χ0) is 10.2. The molecule has 0 bridgehead atoms. The van der Waals surface area contributed by atoms with E-state index in [9.17, 15) is 8.42 Å². The van der Waals surface area contributed by atoms with Gasteiger partial charge in [0.1, 0.15) is 4.60 Å². The van der Waals surface area contributed by atoms with Gasteiger partial charge < -0.3 is 0 Å². The number of sulfonamides is 1. The van der Waals surface area contributed by atoms with E-state index < -0.39 is 10.0 Å². The minimum absolute atomic E-state index is 0.213. The number of hydrogen-bond donors (Lipinski definition) is 1. The largest absolute Gasteiger partial charge is 0.281 e. The van der Waals surface area contributed by atoms with Gasteiger partial charge in [0.2, 0.25) is 10.0 Å². The molecular formula is C8H9BrN2O2S. The SMILES string of the molecule is O=S(=O)(Nc1cccnc1Br)C1CC1. The average Bonchev–Trinajstić information content (AvgIpc) is 2.91. The molecule has 0 atom stereocenters. The quantitative estimate of drug-likeness (QED) is 0.856. The second kappa shape index (κ2) is 3.51. The lowest BCUT2D eigenvalue weighted by molar-refractivity contribution is 0.600. The van der Waals surface area contributed by atoms with Crippen LogP contribution >= 0.6 is 15.9 Å². The first-order chi connectivity index (χ1) is 6.59. The van der Waals surface area contributed by atoms with Gasteiger partial charge in [0.15, 0.2) is 0 Å². The third-order valence-corrected chi connectivity index (χ3v) is 4.46. The number of aromatic nitrogens is 1. The molecular weight excluding hydrogens is 268 g/mol. The summed E-state index contributed by atoms with van der Waals surface area (Å²) in [4.78, 5) is 3.93. The Labute approximate surface area is 90.9 Å². The zero-order valence-corrected chi connectivity index (χ0v) is 9.68.